The molecular weight excluding hydrogens is 256 g/mol. The standard InChI is InChI=1S/C15H22N2O3/c1-19-12-6-5-11(14(7-12)20-2)9-17-15(18)8-13(16)10-3-4-10/h5-7,10,13H,3-4,8-9,16H2,1-2H3,(H,17,18). The third kappa shape index (κ3) is 3.87. The van der Waals surface area contributed by atoms with Crippen molar-refractivity contribution in [3.8, 4) is 11.5 Å². The lowest BCUT2D eigenvalue weighted by Crippen LogP contribution is -2.32. The van der Waals surface area contributed by atoms with Gasteiger partial charge in [-0.1, -0.05) is 0 Å². The second-order valence-corrected chi connectivity index (χ2v) is 5.16. The third-order valence-corrected chi connectivity index (χ3v) is 3.62. The summed E-state index contributed by atoms with van der Waals surface area (Å²) in [7, 11) is 3.21. The van der Waals surface area contributed by atoms with Gasteiger partial charge < -0.3 is 20.5 Å². The van der Waals surface area contributed by atoms with E-state index in [9.17, 15) is 4.79 Å². The Bertz CT molecular complexity index is 472. The number of hydrogen-bond acceptors (Lipinski definition) is 4. The van der Waals surface area contributed by atoms with Gasteiger partial charge in [-0.25, -0.2) is 0 Å². The van der Waals surface area contributed by atoms with Gasteiger partial charge >= 0.3 is 0 Å². The Balaban J connectivity index is 1.87. The van der Waals surface area contributed by atoms with E-state index in [0.717, 1.165) is 24.2 Å². The number of carbonyl (C=O) groups is 1. The predicted octanol–water partition coefficient (Wildman–Crippen LogP) is 1.45. The normalized spacial score (nSPS) is 15.6. The topological polar surface area (TPSA) is 73.6 Å². The van der Waals surface area contributed by atoms with Gasteiger partial charge in [0.25, 0.3) is 0 Å². The SMILES string of the molecule is COc1ccc(CNC(=O)CC(N)C2CC2)c(OC)c1. The number of nitrogens with two attached hydrogens (primary N) is 1. The van der Waals surface area contributed by atoms with Crippen molar-refractivity contribution in [3.63, 3.8) is 0 Å². The Morgan fingerprint density at radius 2 is 2.15 bits per heavy atom. The van der Waals surface area contributed by atoms with E-state index in [0.29, 0.717) is 24.6 Å². The van der Waals surface area contributed by atoms with Crippen molar-refractivity contribution in [1.29, 1.82) is 0 Å². The third-order valence-electron chi connectivity index (χ3n) is 3.62. The molecule has 3 N–H and O–H groups in total. The van der Waals surface area contributed by atoms with Crippen molar-refractivity contribution in [2.24, 2.45) is 11.7 Å². The fraction of sp³-hybridized carbons (Fsp3) is 0.533. The summed E-state index contributed by atoms with van der Waals surface area (Å²) in [5.74, 6) is 1.96. The van der Waals surface area contributed by atoms with E-state index >= 15 is 0 Å². The van der Waals surface area contributed by atoms with Crippen LogP contribution >= 0.6 is 0 Å². The predicted molar refractivity (Wildman–Crippen MR) is 76.7 cm³/mol. The lowest BCUT2D eigenvalue weighted by atomic mass is 10.1. The van der Waals surface area contributed by atoms with E-state index in [2.05, 4.69) is 5.32 Å². The van der Waals surface area contributed by atoms with Crippen LogP contribution in [-0.2, 0) is 11.3 Å². The van der Waals surface area contributed by atoms with Crippen LogP contribution in [0.2, 0.25) is 0 Å². The van der Waals surface area contributed by atoms with Crippen molar-refractivity contribution in [1.82, 2.24) is 5.32 Å². The number of rotatable bonds is 7. The van der Waals surface area contributed by atoms with Crippen molar-refractivity contribution in [3.05, 3.63) is 23.8 Å². The molecule has 1 aromatic carbocycles. The van der Waals surface area contributed by atoms with Crippen LogP contribution in [0.5, 0.6) is 11.5 Å². The summed E-state index contributed by atoms with van der Waals surface area (Å²) in [5.41, 5.74) is 6.86. The molecule has 1 aliphatic rings. The molecule has 1 aliphatic carbocycles. The molecule has 0 saturated heterocycles. The molecule has 1 fully saturated rings. The molecule has 1 atom stereocenters. The number of nitrogens with one attached hydrogen (secondary N) is 1. The molecule has 2 rings (SSSR count). The summed E-state index contributed by atoms with van der Waals surface area (Å²) in [6.07, 6.45) is 2.70. The van der Waals surface area contributed by atoms with Gasteiger partial charge in [0.15, 0.2) is 0 Å². The first-order valence-corrected chi connectivity index (χ1v) is 6.87. The minimum Gasteiger partial charge on any atom is -0.497 e. The quantitative estimate of drug-likeness (QED) is 0.791. The van der Waals surface area contributed by atoms with Gasteiger partial charge in [0, 0.05) is 30.6 Å². The minimum atomic E-state index is -0.0118. The van der Waals surface area contributed by atoms with Gasteiger partial charge in [0.05, 0.1) is 14.2 Å². The average molecular weight is 278 g/mol. The summed E-state index contributed by atoms with van der Waals surface area (Å²) in [4.78, 5) is 11.8. The Kier molecular flexibility index (Phi) is 4.84. The summed E-state index contributed by atoms with van der Waals surface area (Å²) >= 11 is 0. The van der Waals surface area contributed by atoms with Crippen molar-refractivity contribution in [2.45, 2.75) is 31.8 Å². The average Bonchev–Trinajstić information content (AvgIpc) is 3.29. The van der Waals surface area contributed by atoms with Gasteiger partial charge in [0.2, 0.25) is 5.91 Å². The van der Waals surface area contributed by atoms with E-state index in [-0.39, 0.29) is 11.9 Å². The summed E-state index contributed by atoms with van der Waals surface area (Å²) in [6, 6.07) is 5.53. The fourth-order valence-corrected chi connectivity index (χ4v) is 2.17. The van der Waals surface area contributed by atoms with Crippen LogP contribution in [0, 0.1) is 5.92 Å². The summed E-state index contributed by atoms with van der Waals surface area (Å²) in [5, 5.41) is 2.88. The van der Waals surface area contributed by atoms with Crippen molar-refractivity contribution < 1.29 is 14.3 Å². The number of ether oxygens (including phenoxy) is 2. The zero-order chi connectivity index (χ0) is 14.5. The van der Waals surface area contributed by atoms with Crippen LogP contribution < -0.4 is 20.5 Å². The van der Waals surface area contributed by atoms with Crippen molar-refractivity contribution >= 4 is 5.91 Å². The smallest absolute Gasteiger partial charge is 0.221 e. The Morgan fingerprint density at radius 3 is 2.75 bits per heavy atom. The van der Waals surface area contributed by atoms with Gasteiger partial charge in [-0.15, -0.1) is 0 Å². The molecule has 0 heterocycles. The highest BCUT2D eigenvalue weighted by Gasteiger charge is 2.29. The summed E-state index contributed by atoms with van der Waals surface area (Å²) < 4.78 is 10.4. The van der Waals surface area contributed by atoms with Gasteiger partial charge in [-0.2, -0.15) is 0 Å². The molecule has 0 bridgehead atoms. The second kappa shape index (κ2) is 6.61. The molecule has 5 nitrogen and oxygen atoms in total. The summed E-state index contributed by atoms with van der Waals surface area (Å²) in [6.45, 7) is 0.434. The number of hydrogen-bond donors (Lipinski definition) is 2. The molecular formula is C15H22N2O3. The molecule has 0 radical (unpaired) electrons. The van der Waals surface area contributed by atoms with E-state index in [1.54, 1.807) is 20.3 Å². The van der Waals surface area contributed by atoms with Crippen LogP contribution in [0.25, 0.3) is 0 Å². The Morgan fingerprint density at radius 1 is 1.40 bits per heavy atom. The van der Waals surface area contributed by atoms with E-state index in [1.807, 2.05) is 12.1 Å². The molecule has 1 amide bonds. The van der Waals surface area contributed by atoms with E-state index < -0.39 is 0 Å². The maximum atomic E-state index is 11.8. The highest BCUT2D eigenvalue weighted by Crippen LogP contribution is 2.32. The molecule has 110 valence electrons. The number of benzene rings is 1. The molecule has 0 aliphatic heterocycles. The molecule has 0 aromatic heterocycles. The number of amides is 1. The largest absolute Gasteiger partial charge is 0.497 e. The zero-order valence-electron chi connectivity index (χ0n) is 12.0. The Labute approximate surface area is 119 Å². The molecule has 1 saturated carbocycles. The molecule has 1 aromatic rings. The van der Waals surface area contributed by atoms with Crippen LogP contribution in [0.4, 0.5) is 0 Å². The lowest BCUT2D eigenvalue weighted by molar-refractivity contribution is -0.121. The monoisotopic (exact) mass is 278 g/mol. The maximum absolute atomic E-state index is 11.8. The molecule has 0 spiro atoms. The molecule has 5 heteroatoms. The van der Waals surface area contributed by atoms with Crippen LogP contribution in [0.1, 0.15) is 24.8 Å². The first kappa shape index (κ1) is 14.7. The molecule has 1 unspecified atom stereocenters. The maximum Gasteiger partial charge on any atom is 0.221 e. The van der Waals surface area contributed by atoms with E-state index in [4.69, 9.17) is 15.2 Å². The first-order valence-electron chi connectivity index (χ1n) is 6.87. The van der Waals surface area contributed by atoms with E-state index in [1.165, 1.54) is 0 Å². The first-order chi connectivity index (χ1) is 9.63. The number of carbonyl (C=O) groups excluding carboxylic acids is 1. The number of methoxy groups -OCH3 is 2. The second-order valence-electron chi connectivity index (χ2n) is 5.16. The van der Waals surface area contributed by atoms with Gasteiger partial charge in [-0.05, 0) is 30.9 Å². The van der Waals surface area contributed by atoms with Crippen LogP contribution in [-0.4, -0.2) is 26.2 Å². The highest BCUT2D eigenvalue weighted by atomic mass is 16.5. The van der Waals surface area contributed by atoms with Gasteiger partial charge in [-0.3, -0.25) is 4.79 Å². The van der Waals surface area contributed by atoms with Crippen LogP contribution in [0.15, 0.2) is 18.2 Å². The van der Waals surface area contributed by atoms with Crippen molar-refractivity contribution in [2.75, 3.05) is 14.2 Å². The lowest BCUT2D eigenvalue weighted by Gasteiger charge is -2.13. The fourth-order valence-electron chi connectivity index (χ4n) is 2.17. The van der Waals surface area contributed by atoms with Crippen LogP contribution in [0.3, 0.4) is 0 Å². The molecule has 20 heavy (non-hydrogen) atoms. The highest BCUT2D eigenvalue weighted by molar-refractivity contribution is 5.76. The zero-order valence-corrected chi connectivity index (χ0v) is 12.0. The minimum absolute atomic E-state index is 0.00670. The Hall–Kier alpha value is -1.75. The van der Waals surface area contributed by atoms with Gasteiger partial charge in [0.1, 0.15) is 11.5 Å².